The molecule has 0 amide bonds. The Morgan fingerprint density at radius 2 is 1.00 bits per heavy atom. The van der Waals surface area contributed by atoms with E-state index < -0.39 is 0 Å². The molecule has 0 unspecified atom stereocenters. The van der Waals surface area contributed by atoms with Gasteiger partial charge in [-0.3, -0.25) is 9.36 Å². The smallest absolute Gasteiger partial charge is 0.239 e. The summed E-state index contributed by atoms with van der Waals surface area (Å²) in [5.74, 6) is 1.50. The van der Waals surface area contributed by atoms with Crippen LogP contribution in [0.15, 0.2) is 174 Å². The van der Waals surface area contributed by atoms with E-state index in [2.05, 4.69) is 126 Å². The number of benzene rings is 6. The zero-order valence-electron chi connectivity index (χ0n) is 27.1. The van der Waals surface area contributed by atoms with Gasteiger partial charge in [0.15, 0.2) is 0 Å². The van der Waals surface area contributed by atoms with Crippen LogP contribution in [0.2, 0.25) is 0 Å². The lowest BCUT2D eigenvalue weighted by molar-refractivity contribution is 0.0908. The molecule has 0 bridgehead atoms. The van der Waals surface area contributed by atoms with Crippen LogP contribution in [0.5, 0.6) is 0 Å². The Bertz CT molecular complexity index is 2730. The minimum Gasteiger partial charge on any atom is -0.460 e. The third-order valence-electron chi connectivity index (χ3n) is 9.96. The zero-order valence-corrected chi connectivity index (χ0v) is 27.1. The Morgan fingerprint density at radius 1 is 0.440 bits per heavy atom. The average molecular weight is 643 g/mol. The summed E-state index contributed by atoms with van der Waals surface area (Å²) in [6, 6.07) is 59.3. The standard InChI is InChI=1S/C46H30N2O2/c49-46-29-45-39(28-44(50-45)31-13-6-2-7-14-31)43-24-23-40(48(43)46)35-20-22-42-38(27-35)37-26-34(19-21-41(37)47(42)36-17-8-3-9-18-36)33-16-10-15-32(25-33)30-11-4-1-5-12-30/h1-28H,29H2. The van der Waals surface area contributed by atoms with Crippen LogP contribution in [0, 0.1) is 0 Å². The van der Waals surface area contributed by atoms with Crippen molar-refractivity contribution in [1.29, 1.82) is 0 Å². The third kappa shape index (κ3) is 4.50. The third-order valence-corrected chi connectivity index (χ3v) is 9.96. The molecular weight excluding hydrogens is 613 g/mol. The van der Waals surface area contributed by atoms with E-state index in [1.807, 2.05) is 53.1 Å². The highest BCUT2D eigenvalue weighted by atomic mass is 16.3. The number of hydrogen-bond donors (Lipinski definition) is 0. The first kappa shape index (κ1) is 28.4. The molecule has 0 fully saturated rings. The van der Waals surface area contributed by atoms with E-state index in [-0.39, 0.29) is 12.3 Å². The highest BCUT2D eigenvalue weighted by Gasteiger charge is 2.29. The Kier molecular flexibility index (Phi) is 6.36. The number of nitrogens with zero attached hydrogens (tertiary/aromatic N) is 2. The summed E-state index contributed by atoms with van der Waals surface area (Å²) in [6.07, 6.45) is 0.220. The Morgan fingerprint density at radius 3 is 1.72 bits per heavy atom. The van der Waals surface area contributed by atoms with Gasteiger partial charge in [0, 0.05) is 27.6 Å². The monoisotopic (exact) mass is 642 g/mol. The summed E-state index contributed by atoms with van der Waals surface area (Å²) in [6.45, 7) is 0. The molecule has 0 atom stereocenters. The normalized spacial score (nSPS) is 12.4. The van der Waals surface area contributed by atoms with Gasteiger partial charge in [-0.1, -0.05) is 109 Å². The lowest BCUT2D eigenvalue weighted by Crippen LogP contribution is -2.19. The van der Waals surface area contributed by atoms with Crippen LogP contribution in [0.3, 0.4) is 0 Å². The van der Waals surface area contributed by atoms with E-state index >= 15 is 0 Å². The zero-order chi connectivity index (χ0) is 33.2. The molecule has 0 N–H and O–H groups in total. The quantitative estimate of drug-likeness (QED) is 0.187. The maximum Gasteiger partial charge on any atom is 0.239 e. The minimum absolute atomic E-state index is 0.00820. The average Bonchev–Trinajstić information content (AvgIpc) is 3.90. The first-order chi connectivity index (χ1) is 24.7. The molecule has 4 heterocycles. The second-order valence-corrected chi connectivity index (χ2v) is 12.9. The van der Waals surface area contributed by atoms with Crippen molar-refractivity contribution < 1.29 is 9.21 Å². The molecule has 50 heavy (non-hydrogen) atoms. The summed E-state index contributed by atoms with van der Waals surface area (Å²) in [7, 11) is 0. The van der Waals surface area contributed by atoms with Gasteiger partial charge in [0.1, 0.15) is 11.5 Å². The predicted molar refractivity (Wildman–Crippen MR) is 203 cm³/mol. The molecule has 6 aromatic carbocycles. The van der Waals surface area contributed by atoms with Gasteiger partial charge in [-0.15, -0.1) is 0 Å². The lowest BCUT2D eigenvalue weighted by atomic mass is 9.97. The number of hydrogen-bond acceptors (Lipinski definition) is 2. The summed E-state index contributed by atoms with van der Waals surface area (Å²) in [5.41, 5.74) is 12.8. The molecule has 0 saturated carbocycles. The number of carbonyl (C=O) groups excluding carboxylic acids is 1. The molecular formula is C46H30N2O2. The largest absolute Gasteiger partial charge is 0.460 e. The van der Waals surface area contributed by atoms with Gasteiger partial charge in [-0.05, 0) is 88.5 Å². The van der Waals surface area contributed by atoms with Crippen molar-refractivity contribution in [2.24, 2.45) is 0 Å². The minimum atomic E-state index is 0.00820. The number of furan rings is 1. The van der Waals surface area contributed by atoms with Crippen LogP contribution in [-0.2, 0) is 6.42 Å². The number of aromatic nitrogens is 2. The summed E-state index contributed by atoms with van der Waals surface area (Å²) < 4.78 is 10.4. The molecule has 0 saturated heterocycles. The van der Waals surface area contributed by atoms with Crippen molar-refractivity contribution in [3.05, 3.63) is 176 Å². The van der Waals surface area contributed by atoms with Crippen LogP contribution in [0.25, 0.3) is 83.6 Å². The summed E-state index contributed by atoms with van der Waals surface area (Å²) in [4.78, 5) is 13.7. The van der Waals surface area contributed by atoms with Crippen LogP contribution in [-0.4, -0.2) is 15.0 Å². The molecule has 9 aromatic rings. The molecule has 4 heteroatoms. The molecule has 0 radical (unpaired) electrons. The molecule has 0 aliphatic carbocycles. The maximum atomic E-state index is 13.7. The van der Waals surface area contributed by atoms with Gasteiger partial charge < -0.3 is 8.98 Å². The van der Waals surface area contributed by atoms with E-state index in [9.17, 15) is 4.79 Å². The van der Waals surface area contributed by atoms with Gasteiger partial charge in [0.25, 0.3) is 0 Å². The van der Waals surface area contributed by atoms with Crippen molar-refractivity contribution in [2.45, 2.75) is 6.42 Å². The van der Waals surface area contributed by atoms with Crippen molar-refractivity contribution in [3.8, 4) is 61.8 Å². The van der Waals surface area contributed by atoms with Crippen LogP contribution in [0.4, 0.5) is 0 Å². The lowest BCUT2D eigenvalue weighted by Gasteiger charge is -2.16. The topological polar surface area (TPSA) is 40.1 Å². The van der Waals surface area contributed by atoms with Gasteiger partial charge in [0.05, 0.1) is 28.8 Å². The predicted octanol–water partition coefficient (Wildman–Crippen LogP) is 11.7. The van der Waals surface area contributed by atoms with E-state index in [1.165, 1.54) is 16.7 Å². The van der Waals surface area contributed by atoms with E-state index in [0.29, 0.717) is 0 Å². The molecule has 1 aliphatic heterocycles. The van der Waals surface area contributed by atoms with Gasteiger partial charge in [-0.25, -0.2) is 0 Å². The molecule has 236 valence electrons. The first-order valence-electron chi connectivity index (χ1n) is 16.9. The van der Waals surface area contributed by atoms with E-state index in [0.717, 1.165) is 72.7 Å². The number of carbonyl (C=O) groups is 1. The highest BCUT2D eigenvalue weighted by Crippen LogP contribution is 2.42. The molecule has 4 nitrogen and oxygen atoms in total. The number of para-hydroxylation sites is 1. The van der Waals surface area contributed by atoms with Crippen molar-refractivity contribution in [1.82, 2.24) is 9.13 Å². The maximum absolute atomic E-state index is 13.7. The number of rotatable bonds is 5. The highest BCUT2D eigenvalue weighted by molar-refractivity contribution is 6.12. The van der Waals surface area contributed by atoms with E-state index in [1.54, 1.807) is 0 Å². The Labute approximate surface area is 289 Å². The van der Waals surface area contributed by atoms with Crippen molar-refractivity contribution in [3.63, 3.8) is 0 Å². The van der Waals surface area contributed by atoms with Gasteiger partial charge >= 0.3 is 0 Å². The fraction of sp³-hybridized carbons (Fsp3) is 0.0217. The summed E-state index contributed by atoms with van der Waals surface area (Å²) in [5, 5.41) is 2.30. The van der Waals surface area contributed by atoms with Crippen LogP contribution < -0.4 is 0 Å². The van der Waals surface area contributed by atoms with Gasteiger partial charge in [-0.2, -0.15) is 0 Å². The SMILES string of the molecule is O=C1Cc2oc(-c3ccccc3)cc2-c2ccc(-c3ccc4c(c3)c3cc(-c5cccc(-c6ccccc6)c5)ccc3n4-c3ccccc3)n21. The fourth-order valence-corrected chi connectivity index (χ4v) is 7.61. The Balaban J connectivity index is 1.14. The van der Waals surface area contributed by atoms with Crippen LogP contribution in [0.1, 0.15) is 10.6 Å². The van der Waals surface area contributed by atoms with Crippen molar-refractivity contribution in [2.75, 3.05) is 0 Å². The second-order valence-electron chi connectivity index (χ2n) is 12.9. The van der Waals surface area contributed by atoms with Crippen molar-refractivity contribution >= 4 is 27.7 Å². The molecule has 10 rings (SSSR count). The summed E-state index contributed by atoms with van der Waals surface area (Å²) >= 11 is 0. The van der Waals surface area contributed by atoms with E-state index in [4.69, 9.17) is 4.42 Å². The molecule has 0 spiro atoms. The first-order valence-corrected chi connectivity index (χ1v) is 16.9. The van der Waals surface area contributed by atoms with Crippen LogP contribution >= 0.6 is 0 Å². The number of fused-ring (bicyclic) bond motifs is 6. The fourth-order valence-electron chi connectivity index (χ4n) is 7.61. The Hall–Kier alpha value is -6.65. The molecule has 3 aromatic heterocycles. The molecule has 1 aliphatic rings. The second kappa shape index (κ2) is 11.2. The van der Waals surface area contributed by atoms with Gasteiger partial charge in [0.2, 0.25) is 5.91 Å².